The summed E-state index contributed by atoms with van der Waals surface area (Å²) in [4.78, 5) is 15.5. The number of amides is 1. The first kappa shape index (κ1) is 23.0. The summed E-state index contributed by atoms with van der Waals surface area (Å²) < 4.78 is 44.9. The molecule has 1 saturated carbocycles. The van der Waals surface area contributed by atoms with E-state index in [0.29, 0.717) is 5.56 Å². The number of alkyl halides is 2. The molecular formula is C20H19Cl2F3N4O2. The number of halogens is 5. The summed E-state index contributed by atoms with van der Waals surface area (Å²) >= 11 is 12.1. The molecule has 2 aromatic rings. The largest absolute Gasteiger partial charge is 0.485 e. The van der Waals surface area contributed by atoms with Crippen LogP contribution in [-0.4, -0.2) is 24.9 Å². The number of ether oxygens (including phenoxy) is 1. The fraction of sp³-hybridized carbons (Fsp3) is 0.300. The zero-order valence-electron chi connectivity index (χ0n) is 16.1. The average molecular weight is 475 g/mol. The normalized spacial score (nSPS) is 13.9. The van der Waals surface area contributed by atoms with E-state index >= 15 is 0 Å². The molecule has 1 aliphatic rings. The Morgan fingerprint density at radius 3 is 2.61 bits per heavy atom. The topological polar surface area (TPSA) is 88.7 Å². The van der Waals surface area contributed by atoms with Gasteiger partial charge in [-0.3, -0.25) is 15.6 Å². The molecule has 0 saturated heterocycles. The van der Waals surface area contributed by atoms with Gasteiger partial charge in [0.2, 0.25) is 11.9 Å². The van der Waals surface area contributed by atoms with Crippen molar-refractivity contribution in [3.63, 3.8) is 0 Å². The van der Waals surface area contributed by atoms with Gasteiger partial charge in [0.1, 0.15) is 18.2 Å². The minimum atomic E-state index is -2.70. The van der Waals surface area contributed by atoms with Gasteiger partial charge in [0, 0.05) is 22.1 Å². The van der Waals surface area contributed by atoms with Crippen LogP contribution in [0.3, 0.4) is 0 Å². The van der Waals surface area contributed by atoms with Crippen molar-refractivity contribution >= 4 is 35.1 Å². The van der Waals surface area contributed by atoms with E-state index in [4.69, 9.17) is 33.7 Å². The number of carbonyl (C=O) groups excluding carboxylic acids is 1. The third-order valence-corrected chi connectivity index (χ3v) is 4.91. The van der Waals surface area contributed by atoms with Crippen LogP contribution in [0.1, 0.15) is 18.4 Å². The Labute approximate surface area is 186 Å². The Balaban J connectivity index is 1.74. The fourth-order valence-electron chi connectivity index (χ4n) is 2.69. The third-order valence-electron chi connectivity index (χ3n) is 4.41. The Morgan fingerprint density at radius 1 is 1.23 bits per heavy atom. The molecule has 0 radical (unpaired) electrons. The molecule has 166 valence electrons. The Kier molecular flexibility index (Phi) is 7.50. The Bertz CT molecular complexity index is 1000. The van der Waals surface area contributed by atoms with Crippen molar-refractivity contribution in [1.82, 2.24) is 10.9 Å². The molecule has 31 heavy (non-hydrogen) atoms. The highest BCUT2D eigenvalue weighted by molar-refractivity contribution is 6.36. The Morgan fingerprint density at radius 2 is 1.97 bits per heavy atom. The highest BCUT2D eigenvalue weighted by Gasteiger charge is 2.29. The number of nitrogens with two attached hydrogens (primary N) is 1. The van der Waals surface area contributed by atoms with Gasteiger partial charge in [-0.15, -0.1) is 0 Å². The van der Waals surface area contributed by atoms with Crippen LogP contribution < -0.4 is 21.3 Å². The molecule has 0 spiro atoms. The van der Waals surface area contributed by atoms with Gasteiger partial charge >= 0.3 is 0 Å². The summed E-state index contributed by atoms with van der Waals surface area (Å²) in [5.41, 5.74) is 11.4. The zero-order valence-corrected chi connectivity index (χ0v) is 17.6. The SMILES string of the molecule is NC(=NCc1ccc(-c2cc(Cl)cc(Cl)c2OCC(F)F)cc1F)NNC(=O)C1CC1. The number of nitrogens with zero attached hydrogens (tertiary/aromatic N) is 1. The van der Waals surface area contributed by atoms with E-state index < -0.39 is 18.8 Å². The summed E-state index contributed by atoms with van der Waals surface area (Å²) in [6.45, 7) is -0.956. The minimum Gasteiger partial charge on any atom is -0.485 e. The van der Waals surface area contributed by atoms with Crippen molar-refractivity contribution in [1.29, 1.82) is 0 Å². The van der Waals surface area contributed by atoms with Gasteiger partial charge in [-0.25, -0.2) is 18.2 Å². The lowest BCUT2D eigenvalue weighted by atomic mass is 10.0. The van der Waals surface area contributed by atoms with Crippen LogP contribution in [-0.2, 0) is 11.3 Å². The van der Waals surface area contributed by atoms with Crippen molar-refractivity contribution in [2.75, 3.05) is 6.61 Å². The first-order valence-corrected chi connectivity index (χ1v) is 10.0. The van der Waals surface area contributed by atoms with E-state index in [2.05, 4.69) is 15.8 Å². The molecule has 0 bridgehead atoms. The molecule has 0 atom stereocenters. The predicted octanol–water partition coefficient (Wildman–Crippen LogP) is 4.29. The predicted molar refractivity (Wildman–Crippen MR) is 113 cm³/mol. The van der Waals surface area contributed by atoms with Crippen molar-refractivity contribution in [3.8, 4) is 16.9 Å². The van der Waals surface area contributed by atoms with Gasteiger partial charge in [0.15, 0.2) is 0 Å². The van der Waals surface area contributed by atoms with Gasteiger partial charge in [-0.05, 0) is 36.6 Å². The van der Waals surface area contributed by atoms with E-state index in [-0.39, 0.29) is 51.3 Å². The van der Waals surface area contributed by atoms with E-state index in [9.17, 15) is 18.0 Å². The molecule has 1 fully saturated rings. The quantitative estimate of drug-likeness (QED) is 0.317. The second kappa shape index (κ2) is 10.1. The van der Waals surface area contributed by atoms with Crippen molar-refractivity contribution in [2.24, 2.45) is 16.6 Å². The van der Waals surface area contributed by atoms with Crippen LogP contribution >= 0.6 is 23.2 Å². The first-order valence-electron chi connectivity index (χ1n) is 9.29. The highest BCUT2D eigenvalue weighted by Crippen LogP contribution is 2.39. The number of rotatable bonds is 7. The molecule has 0 aromatic heterocycles. The van der Waals surface area contributed by atoms with Crippen LogP contribution in [0.15, 0.2) is 35.3 Å². The monoisotopic (exact) mass is 474 g/mol. The molecule has 4 N–H and O–H groups in total. The van der Waals surface area contributed by atoms with Gasteiger partial charge < -0.3 is 10.5 Å². The smallest absolute Gasteiger partial charge is 0.272 e. The maximum atomic E-state index is 14.6. The number of benzene rings is 2. The lowest BCUT2D eigenvalue weighted by molar-refractivity contribution is -0.122. The van der Waals surface area contributed by atoms with Crippen molar-refractivity contribution < 1.29 is 22.7 Å². The van der Waals surface area contributed by atoms with Gasteiger partial charge in [-0.2, -0.15) is 0 Å². The van der Waals surface area contributed by atoms with Gasteiger partial charge in [-0.1, -0.05) is 35.3 Å². The summed E-state index contributed by atoms with van der Waals surface area (Å²) in [6.07, 6.45) is -1.02. The molecular weight excluding hydrogens is 456 g/mol. The molecule has 2 aromatic carbocycles. The molecule has 0 unspecified atom stereocenters. The van der Waals surface area contributed by atoms with Gasteiger partial charge in [0.25, 0.3) is 6.43 Å². The van der Waals surface area contributed by atoms with Crippen molar-refractivity contribution in [3.05, 3.63) is 51.8 Å². The molecule has 6 nitrogen and oxygen atoms in total. The number of hydrogen-bond donors (Lipinski definition) is 3. The number of carbonyl (C=O) groups is 1. The van der Waals surface area contributed by atoms with Crippen molar-refractivity contribution in [2.45, 2.75) is 25.8 Å². The second-order valence-corrected chi connectivity index (χ2v) is 7.71. The zero-order chi connectivity index (χ0) is 22.5. The first-order chi connectivity index (χ1) is 14.7. The summed E-state index contributed by atoms with van der Waals surface area (Å²) in [7, 11) is 0. The molecule has 0 heterocycles. The molecule has 1 amide bonds. The summed E-state index contributed by atoms with van der Waals surface area (Å²) in [5.74, 6) is -0.858. The summed E-state index contributed by atoms with van der Waals surface area (Å²) in [5, 5.41) is 0.273. The molecule has 11 heteroatoms. The molecule has 1 aliphatic carbocycles. The number of aliphatic imine (C=N–C) groups is 1. The van der Waals surface area contributed by atoms with E-state index in [1.165, 1.54) is 24.3 Å². The second-order valence-electron chi connectivity index (χ2n) is 6.86. The number of hydrogen-bond acceptors (Lipinski definition) is 3. The number of nitrogens with one attached hydrogen (secondary N) is 2. The summed E-state index contributed by atoms with van der Waals surface area (Å²) in [6, 6.07) is 7.02. The lowest BCUT2D eigenvalue weighted by Crippen LogP contribution is -2.46. The number of hydrazine groups is 1. The lowest BCUT2D eigenvalue weighted by Gasteiger charge is -2.14. The maximum absolute atomic E-state index is 14.6. The maximum Gasteiger partial charge on any atom is 0.272 e. The molecule has 3 rings (SSSR count). The fourth-order valence-corrected chi connectivity index (χ4v) is 3.24. The van der Waals surface area contributed by atoms with Crippen LogP contribution in [0.2, 0.25) is 10.0 Å². The minimum absolute atomic E-state index is 0.000142. The van der Waals surface area contributed by atoms with Crippen LogP contribution in [0.5, 0.6) is 5.75 Å². The van der Waals surface area contributed by atoms with Gasteiger partial charge in [0.05, 0.1) is 11.6 Å². The number of guanidine groups is 1. The van der Waals surface area contributed by atoms with E-state index in [1.807, 2.05) is 0 Å². The van der Waals surface area contributed by atoms with Crippen LogP contribution in [0, 0.1) is 11.7 Å². The highest BCUT2D eigenvalue weighted by atomic mass is 35.5. The standard InChI is InChI=1S/C20H19Cl2F3N4O2/c21-13-6-14(18(15(22)7-13)31-9-17(24)25)11-3-4-12(16(23)5-11)8-27-20(26)29-28-19(30)10-1-2-10/h3-7,10,17H,1-2,8-9H2,(H,28,30)(H3,26,27,29). The van der Waals surface area contributed by atoms with Crippen LogP contribution in [0.4, 0.5) is 13.2 Å². The van der Waals surface area contributed by atoms with E-state index in [0.717, 1.165) is 12.8 Å². The van der Waals surface area contributed by atoms with Crippen LogP contribution in [0.25, 0.3) is 11.1 Å². The average Bonchev–Trinajstić information content (AvgIpc) is 3.55. The Hall–Kier alpha value is -2.65. The third kappa shape index (κ3) is 6.41. The van der Waals surface area contributed by atoms with E-state index in [1.54, 1.807) is 6.07 Å². The molecule has 0 aliphatic heterocycles.